The molecule has 0 radical (unpaired) electrons. The maximum Gasteiger partial charge on any atom is 0.313 e. The lowest BCUT2D eigenvalue weighted by molar-refractivity contribution is -0.154. The van der Waals surface area contributed by atoms with Gasteiger partial charge < -0.3 is 4.74 Å². The second kappa shape index (κ2) is 4.40. The zero-order valence-electron chi connectivity index (χ0n) is 12.4. The summed E-state index contributed by atoms with van der Waals surface area (Å²) in [5.41, 5.74) is 1.61. The standard InChI is InChI=1S/C16H26O2/c1-11-7-8-12-15(2,3)9-6-10-16(12,4)13(11)14(17)18-5/h7,12-13H,6,8-10H2,1-5H3/t12-,13?,16+/m1/s1. The molecule has 2 aliphatic carbocycles. The van der Waals surface area contributed by atoms with Crippen LogP contribution >= 0.6 is 0 Å². The van der Waals surface area contributed by atoms with E-state index in [4.69, 9.17) is 4.74 Å². The number of esters is 1. The SMILES string of the molecule is COC(=O)C1C(C)=CC[C@@H]2C(C)(C)CCC[C@]12C. The number of fused-ring (bicyclic) bond motifs is 1. The monoisotopic (exact) mass is 250 g/mol. The van der Waals surface area contributed by atoms with Crippen molar-refractivity contribution in [2.75, 3.05) is 7.11 Å². The zero-order valence-corrected chi connectivity index (χ0v) is 12.4. The lowest BCUT2D eigenvalue weighted by Crippen LogP contribution is -2.50. The van der Waals surface area contributed by atoms with Crippen molar-refractivity contribution in [2.45, 2.75) is 53.4 Å². The van der Waals surface area contributed by atoms with E-state index in [0.717, 1.165) is 12.8 Å². The number of carbonyl (C=O) groups is 1. The molecule has 0 amide bonds. The fourth-order valence-electron chi connectivity index (χ4n) is 4.61. The van der Waals surface area contributed by atoms with Crippen molar-refractivity contribution >= 4 is 5.97 Å². The van der Waals surface area contributed by atoms with Gasteiger partial charge in [-0.25, -0.2) is 0 Å². The van der Waals surface area contributed by atoms with E-state index in [-0.39, 0.29) is 17.3 Å². The van der Waals surface area contributed by atoms with Crippen LogP contribution in [-0.2, 0) is 9.53 Å². The highest BCUT2D eigenvalue weighted by atomic mass is 16.5. The third kappa shape index (κ3) is 1.90. The van der Waals surface area contributed by atoms with Gasteiger partial charge in [0.25, 0.3) is 0 Å². The van der Waals surface area contributed by atoms with Gasteiger partial charge in [0.1, 0.15) is 0 Å². The maximum atomic E-state index is 12.2. The van der Waals surface area contributed by atoms with Gasteiger partial charge in [-0.05, 0) is 42.9 Å². The van der Waals surface area contributed by atoms with Gasteiger partial charge in [-0.3, -0.25) is 4.79 Å². The number of carbonyl (C=O) groups excluding carboxylic acids is 1. The van der Waals surface area contributed by atoms with Crippen LogP contribution in [0.5, 0.6) is 0 Å². The zero-order chi connectivity index (χ0) is 13.6. The fourth-order valence-corrected chi connectivity index (χ4v) is 4.61. The molecule has 0 saturated heterocycles. The first-order valence-corrected chi connectivity index (χ1v) is 7.07. The van der Waals surface area contributed by atoms with Crippen LogP contribution in [0, 0.1) is 22.7 Å². The molecule has 0 aromatic heterocycles. The molecule has 1 saturated carbocycles. The summed E-state index contributed by atoms with van der Waals surface area (Å²) in [6.07, 6.45) is 7.02. The lowest BCUT2D eigenvalue weighted by atomic mass is 9.49. The molecule has 0 aliphatic heterocycles. The van der Waals surface area contributed by atoms with E-state index in [1.165, 1.54) is 25.5 Å². The topological polar surface area (TPSA) is 26.3 Å². The predicted octanol–water partition coefficient (Wildman–Crippen LogP) is 3.96. The normalized spacial score (nSPS) is 38.6. The van der Waals surface area contributed by atoms with Crippen LogP contribution in [0.1, 0.15) is 53.4 Å². The first-order valence-electron chi connectivity index (χ1n) is 7.07. The second-order valence-electron chi connectivity index (χ2n) is 7.04. The summed E-state index contributed by atoms with van der Waals surface area (Å²) in [6, 6.07) is 0. The van der Waals surface area contributed by atoms with Crippen molar-refractivity contribution < 1.29 is 9.53 Å². The first-order chi connectivity index (χ1) is 8.33. The number of allylic oxidation sites excluding steroid dienone is 1. The van der Waals surface area contributed by atoms with E-state index in [9.17, 15) is 4.79 Å². The maximum absolute atomic E-state index is 12.2. The summed E-state index contributed by atoms with van der Waals surface area (Å²) in [5, 5.41) is 0. The second-order valence-corrected chi connectivity index (χ2v) is 7.04. The largest absolute Gasteiger partial charge is 0.469 e. The summed E-state index contributed by atoms with van der Waals surface area (Å²) >= 11 is 0. The van der Waals surface area contributed by atoms with E-state index < -0.39 is 0 Å². The number of hydrogen-bond acceptors (Lipinski definition) is 2. The highest BCUT2D eigenvalue weighted by Crippen LogP contribution is 2.59. The first kappa shape index (κ1) is 13.6. The highest BCUT2D eigenvalue weighted by molar-refractivity contribution is 5.77. The van der Waals surface area contributed by atoms with E-state index in [2.05, 4.69) is 33.8 Å². The van der Waals surface area contributed by atoms with Crippen molar-refractivity contribution in [2.24, 2.45) is 22.7 Å². The van der Waals surface area contributed by atoms with Gasteiger partial charge in [-0.15, -0.1) is 0 Å². The van der Waals surface area contributed by atoms with Gasteiger partial charge in [0.15, 0.2) is 0 Å². The fraction of sp³-hybridized carbons (Fsp3) is 0.812. The third-order valence-corrected chi connectivity index (χ3v) is 5.50. The Labute approximate surface area is 111 Å². The van der Waals surface area contributed by atoms with Gasteiger partial charge in [-0.1, -0.05) is 38.8 Å². The van der Waals surface area contributed by atoms with Gasteiger partial charge in [0.2, 0.25) is 0 Å². The van der Waals surface area contributed by atoms with Crippen molar-refractivity contribution in [3.8, 4) is 0 Å². The molecule has 0 bridgehead atoms. The summed E-state index contributed by atoms with van der Waals surface area (Å²) in [6.45, 7) is 9.11. The molecule has 102 valence electrons. The Balaban J connectivity index is 2.44. The third-order valence-electron chi connectivity index (χ3n) is 5.50. The molecule has 2 rings (SSSR count). The number of methoxy groups -OCH3 is 1. The molecule has 2 aliphatic rings. The van der Waals surface area contributed by atoms with Crippen molar-refractivity contribution in [3.63, 3.8) is 0 Å². The average molecular weight is 250 g/mol. The molecule has 0 aromatic carbocycles. The van der Waals surface area contributed by atoms with Crippen LogP contribution < -0.4 is 0 Å². The van der Waals surface area contributed by atoms with Crippen molar-refractivity contribution in [1.82, 2.24) is 0 Å². The Hall–Kier alpha value is -0.790. The van der Waals surface area contributed by atoms with Crippen LogP contribution in [0.25, 0.3) is 0 Å². The molecular formula is C16H26O2. The van der Waals surface area contributed by atoms with Crippen LogP contribution in [0.4, 0.5) is 0 Å². The molecule has 0 N–H and O–H groups in total. The average Bonchev–Trinajstić information content (AvgIpc) is 2.26. The Morgan fingerprint density at radius 1 is 1.33 bits per heavy atom. The molecule has 0 spiro atoms. The Kier molecular flexibility index (Phi) is 3.33. The molecule has 0 aromatic rings. The number of ether oxygens (including phenoxy) is 1. The lowest BCUT2D eigenvalue weighted by Gasteiger charge is -2.55. The smallest absolute Gasteiger partial charge is 0.313 e. The molecule has 0 heterocycles. The van der Waals surface area contributed by atoms with E-state index >= 15 is 0 Å². The van der Waals surface area contributed by atoms with Crippen LogP contribution in [0.15, 0.2) is 11.6 Å². The minimum Gasteiger partial charge on any atom is -0.469 e. The van der Waals surface area contributed by atoms with E-state index in [0.29, 0.717) is 11.3 Å². The Morgan fingerprint density at radius 3 is 2.61 bits per heavy atom. The molecule has 2 heteroatoms. The van der Waals surface area contributed by atoms with Gasteiger partial charge in [0, 0.05) is 0 Å². The molecule has 1 unspecified atom stereocenters. The molecule has 1 fully saturated rings. The van der Waals surface area contributed by atoms with Gasteiger partial charge >= 0.3 is 5.97 Å². The highest BCUT2D eigenvalue weighted by Gasteiger charge is 2.54. The summed E-state index contributed by atoms with van der Waals surface area (Å²) < 4.78 is 5.06. The molecular weight excluding hydrogens is 224 g/mol. The molecule has 3 atom stereocenters. The van der Waals surface area contributed by atoms with Crippen LogP contribution in [0.2, 0.25) is 0 Å². The minimum atomic E-state index is -0.0475. The quantitative estimate of drug-likeness (QED) is 0.520. The van der Waals surface area contributed by atoms with Crippen molar-refractivity contribution in [1.29, 1.82) is 0 Å². The van der Waals surface area contributed by atoms with E-state index in [1.807, 2.05) is 0 Å². The predicted molar refractivity (Wildman–Crippen MR) is 73.1 cm³/mol. The molecule has 2 nitrogen and oxygen atoms in total. The number of hydrogen-bond donors (Lipinski definition) is 0. The van der Waals surface area contributed by atoms with Gasteiger partial charge in [0.05, 0.1) is 13.0 Å². The van der Waals surface area contributed by atoms with E-state index in [1.54, 1.807) is 0 Å². The van der Waals surface area contributed by atoms with Crippen LogP contribution in [-0.4, -0.2) is 13.1 Å². The molecule has 18 heavy (non-hydrogen) atoms. The van der Waals surface area contributed by atoms with Crippen LogP contribution in [0.3, 0.4) is 0 Å². The summed E-state index contributed by atoms with van der Waals surface area (Å²) in [4.78, 5) is 12.2. The summed E-state index contributed by atoms with van der Waals surface area (Å²) in [7, 11) is 1.51. The minimum absolute atomic E-state index is 0.0409. The van der Waals surface area contributed by atoms with Gasteiger partial charge in [-0.2, -0.15) is 0 Å². The van der Waals surface area contributed by atoms with Crippen molar-refractivity contribution in [3.05, 3.63) is 11.6 Å². The number of rotatable bonds is 1. The Morgan fingerprint density at radius 2 is 2.00 bits per heavy atom. The summed E-state index contributed by atoms with van der Waals surface area (Å²) in [5.74, 6) is 0.501. The Bertz CT molecular complexity index is 381.